The Hall–Kier alpha value is -7.39. The number of fused-ring (bicyclic) bond motifs is 11. The first kappa shape index (κ1) is 38.3. The van der Waals surface area contributed by atoms with E-state index >= 15 is 0 Å². The van der Waals surface area contributed by atoms with Crippen molar-refractivity contribution < 1.29 is 8.83 Å². The van der Waals surface area contributed by atoms with Gasteiger partial charge in [0, 0.05) is 53.9 Å². The van der Waals surface area contributed by atoms with E-state index in [2.05, 4.69) is 211 Å². The van der Waals surface area contributed by atoms with Crippen LogP contribution < -0.4 is 15.0 Å². The number of anilines is 6. The molecule has 2 aromatic heterocycles. The quantitative estimate of drug-likeness (QED) is 0.113. The van der Waals surface area contributed by atoms with E-state index in [9.17, 15) is 0 Å². The third-order valence-electron chi connectivity index (χ3n) is 13.2. The van der Waals surface area contributed by atoms with E-state index < -0.39 is 8.07 Å². The second-order valence-electron chi connectivity index (χ2n) is 18.0. The van der Waals surface area contributed by atoms with E-state index in [4.69, 9.17) is 8.83 Å². The van der Waals surface area contributed by atoms with Gasteiger partial charge in [-0.05, 0) is 88.3 Å². The summed E-state index contributed by atoms with van der Waals surface area (Å²) in [7, 11) is -0.451. The SMILES string of the molecule is C[Si](C)(C)c1ccc(N(c2cc3c4ccccc4c(N(c4ccc(C[SiH3])cc4)c4cccc5c4oc4ccccc45)cc3c3ccccc23)c2cccc3c2oc2ccccc23)cc1. The number of benzene rings is 10. The van der Waals surface area contributed by atoms with E-state index in [0.717, 1.165) is 105 Å². The smallest absolute Gasteiger partial charge is 0.159 e. The standard InChI is InChI=1S/C58H46N2O2Si2/c1-64(2,3)40-32-30-39(31-33-40)60(52-23-13-21-48-46-19-9-11-25-56(46)62-58(48)52)54-35-50-41-14-4-6-16-43(41)53(34-49(50)42-15-5-7-17-44(42)54)59(38-28-26-37(36-63)27-29-38)51-22-12-20-47-45-18-8-10-24-55(45)61-57(47)51/h4-35H,36H2,1-3,63H3. The van der Waals surface area contributed by atoms with Crippen molar-refractivity contribution in [3.8, 4) is 0 Å². The van der Waals surface area contributed by atoms with Gasteiger partial charge in [0.25, 0.3) is 0 Å². The fourth-order valence-electron chi connectivity index (χ4n) is 9.91. The average molecular weight is 859 g/mol. The molecule has 12 aromatic rings. The molecule has 0 saturated carbocycles. The average Bonchev–Trinajstić information content (AvgIpc) is 3.92. The number of furan rings is 2. The van der Waals surface area contributed by atoms with Crippen molar-refractivity contribution in [1.82, 2.24) is 0 Å². The largest absolute Gasteiger partial charge is 0.454 e. The normalized spacial score (nSPS) is 12.2. The minimum Gasteiger partial charge on any atom is -0.454 e. The second kappa shape index (κ2) is 14.9. The van der Waals surface area contributed by atoms with Gasteiger partial charge in [-0.3, -0.25) is 0 Å². The molecule has 0 aliphatic carbocycles. The second-order valence-corrected chi connectivity index (χ2v) is 23.8. The molecule has 0 N–H and O–H groups in total. The number of hydrogen-bond donors (Lipinski definition) is 0. The maximum absolute atomic E-state index is 6.80. The molecule has 308 valence electrons. The van der Waals surface area contributed by atoms with E-state index in [-0.39, 0.29) is 0 Å². The van der Waals surface area contributed by atoms with Crippen LogP contribution in [0.5, 0.6) is 0 Å². The van der Waals surface area contributed by atoms with Crippen molar-refractivity contribution in [2.45, 2.75) is 25.7 Å². The lowest BCUT2D eigenvalue weighted by Gasteiger charge is -2.30. The zero-order valence-corrected chi connectivity index (χ0v) is 39.4. The van der Waals surface area contributed by atoms with Crippen LogP contribution in [0, 0.1) is 0 Å². The molecule has 10 aromatic carbocycles. The molecule has 64 heavy (non-hydrogen) atoms. The first-order valence-corrected chi connectivity index (χ1v) is 27.2. The van der Waals surface area contributed by atoms with Crippen LogP contribution in [0.1, 0.15) is 5.56 Å². The molecule has 0 atom stereocenters. The van der Waals surface area contributed by atoms with Gasteiger partial charge in [-0.15, -0.1) is 0 Å². The highest BCUT2D eigenvalue weighted by Crippen LogP contribution is 2.50. The van der Waals surface area contributed by atoms with E-state index in [1.807, 2.05) is 12.1 Å². The summed E-state index contributed by atoms with van der Waals surface area (Å²) in [6, 6.07) is 72.0. The predicted molar refractivity (Wildman–Crippen MR) is 280 cm³/mol. The fraction of sp³-hybridized carbons (Fsp3) is 0.0690. The van der Waals surface area contributed by atoms with Crippen molar-refractivity contribution in [3.05, 3.63) is 200 Å². The topological polar surface area (TPSA) is 32.8 Å². The highest BCUT2D eigenvalue weighted by molar-refractivity contribution is 6.88. The molecule has 0 saturated heterocycles. The fourth-order valence-corrected chi connectivity index (χ4v) is 11.5. The van der Waals surface area contributed by atoms with E-state index in [1.165, 1.54) is 32.3 Å². The van der Waals surface area contributed by atoms with Gasteiger partial charge >= 0.3 is 0 Å². The third-order valence-corrected chi connectivity index (χ3v) is 16.0. The van der Waals surface area contributed by atoms with Crippen molar-refractivity contribution in [2.75, 3.05) is 9.80 Å². The molecular weight excluding hydrogens is 813 g/mol. The lowest BCUT2D eigenvalue weighted by atomic mass is 9.93. The van der Waals surface area contributed by atoms with Crippen LogP contribution in [-0.4, -0.2) is 18.3 Å². The molecule has 0 radical (unpaired) electrons. The molecule has 4 nitrogen and oxygen atoms in total. The Labute approximate surface area is 376 Å². The molecule has 2 heterocycles. The third kappa shape index (κ3) is 6.09. The lowest BCUT2D eigenvalue weighted by molar-refractivity contribution is 0.669. The van der Waals surface area contributed by atoms with Crippen molar-refractivity contribution in [3.63, 3.8) is 0 Å². The Bertz CT molecular complexity index is 3770. The summed E-state index contributed by atoms with van der Waals surface area (Å²) in [4.78, 5) is 4.84. The summed E-state index contributed by atoms with van der Waals surface area (Å²) in [6.07, 6.45) is 0. The molecule has 0 bridgehead atoms. The van der Waals surface area contributed by atoms with Crippen molar-refractivity contribution in [2.24, 2.45) is 0 Å². The molecule has 0 fully saturated rings. The first-order chi connectivity index (χ1) is 31.3. The summed E-state index contributed by atoms with van der Waals surface area (Å²) < 4.78 is 13.6. The molecular formula is C58H46N2O2Si2. The minimum absolute atomic E-state index is 0.870. The van der Waals surface area contributed by atoms with Gasteiger partial charge in [0.15, 0.2) is 11.2 Å². The van der Waals surface area contributed by atoms with Gasteiger partial charge in [0.1, 0.15) is 11.2 Å². The van der Waals surface area contributed by atoms with Crippen molar-refractivity contribution >= 4 is 134 Å². The van der Waals surface area contributed by atoms with Gasteiger partial charge < -0.3 is 18.6 Å². The summed E-state index contributed by atoms with van der Waals surface area (Å²) in [5, 5.41) is 12.9. The summed E-state index contributed by atoms with van der Waals surface area (Å²) in [6.45, 7) is 7.22. The van der Waals surface area contributed by atoms with Crippen LogP contribution >= 0.6 is 0 Å². The van der Waals surface area contributed by atoms with Crippen LogP contribution in [0.4, 0.5) is 34.1 Å². The van der Waals surface area contributed by atoms with Gasteiger partial charge in [-0.25, -0.2) is 0 Å². The molecule has 12 rings (SSSR count). The van der Waals surface area contributed by atoms with Gasteiger partial charge in [0.2, 0.25) is 0 Å². The first-order valence-electron chi connectivity index (χ1n) is 22.3. The minimum atomic E-state index is -1.56. The molecule has 0 unspecified atom stereocenters. The number of rotatable bonds is 8. The zero-order valence-electron chi connectivity index (χ0n) is 36.4. The Balaban J connectivity index is 1.16. The molecule has 0 amide bonds. The van der Waals surface area contributed by atoms with Crippen LogP contribution in [0.15, 0.2) is 203 Å². The molecule has 0 aliphatic heterocycles. The van der Waals surface area contributed by atoms with Crippen LogP contribution in [0.3, 0.4) is 0 Å². The van der Waals surface area contributed by atoms with Gasteiger partial charge in [-0.1, -0.05) is 164 Å². The number of para-hydroxylation sites is 4. The van der Waals surface area contributed by atoms with E-state index in [0.29, 0.717) is 0 Å². The molecule has 6 heteroatoms. The number of nitrogens with zero attached hydrogens (tertiary/aromatic N) is 2. The maximum atomic E-state index is 6.80. The zero-order chi connectivity index (χ0) is 43.1. The lowest BCUT2D eigenvalue weighted by Crippen LogP contribution is -2.37. The van der Waals surface area contributed by atoms with Crippen LogP contribution in [0.25, 0.3) is 76.2 Å². The van der Waals surface area contributed by atoms with Crippen LogP contribution in [-0.2, 0) is 6.04 Å². The van der Waals surface area contributed by atoms with Crippen LogP contribution in [0.2, 0.25) is 19.6 Å². The molecule has 0 spiro atoms. The number of hydrogen-bond acceptors (Lipinski definition) is 4. The predicted octanol–water partition coefficient (Wildman–Crippen LogP) is 15.3. The van der Waals surface area contributed by atoms with Gasteiger partial charge in [-0.2, -0.15) is 0 Å². The highest BCUT2D eigenvalue weighted by atomic mass is 28.3. The maximum Gasteiger partial charge on any atom is 0.159 e. The Morgan fingerprint density at radius 1 is 0.375 bits per heavy atom. The monoisotopic (exact) mass is 858 g/mol. The van der Waals surface area contributed by atoms with Gasteiger partial charge in [0.05, 0.1) is 30.8 Å². The molecule has 0 aliphatic rings. The summed E-state index contributed by atoms with van der Waals surface area (Å²) >= 11 is 0. The summed E-state index contributed by atoms with van der Waals surface area (Å²) in [5.41, 5.74) is 11.2. The Morgan fingerprint density at radius 3 is 1.20 bits per heavy atom. The summed E-state index contributed by atoms with van der Waals surface area (Å²) in [5.74, 6) is 0. The van der Waals surface area contributed by atoms with E-state index in [1.54, 1.807) is 0 Å². The Morgan fingerprint density at radius 2 is 0.766 bits per heavy atom. The Kier molecular flexibility index (Phi) is 8.90. The highest BCUT2D eigenvalue weighted by Gasteiger charge is 2.26. The van der Waals surface area contributed by atoms with Crippen molar-refractivity contribution in [1.29, 1.82) is 0 Å².